The molecule has 5 rings (SSSR count). The van der Waals surface area contributed by atoms with Gasteiger partial charge in [-0.3, -0.25) is 9.59 Å². The number of pyridine rings is 2. The van der Waals surface area contributed by atoms with E-state index in [0.29, 0.717) is 48.5 Å². The summed E-state index contributed by atoms with van der Waals surface area (Å²) >= 11 is 0. The van der Waals surface area contributed by atoms with Crippen molar-refractivity contribution >= 4 is 22.7 Å². The molecular weight excluding hydrogens is 449 g/mol. The third kappa shape index (κ3) is 4.66. The normalized spacial score (nSPS) is 16.6. The topological polar surface area (TPSA) is 75.6 Å². The number of hydrogen-bond donors (Lipinski definition) is 0. The fourth-order valence-corrected chi connectivity index (χ4v) is 3.90. The molecule has 1 aliphatic carbocycles. The predicted molar refractivity (Wildman–Crippen MR) is 116 cm³/mol. The van der Waals surface area contributed by atoms with E-state index >= 15 is 0 Å². The first-order valence-corrected chi connectivity index (χ1v) is 11.0. The van der Waals surface area contributed by atoms with Gasteiger partial charge in [-0.05, 0) is 43.2 Å². The molecule has 0 radical (unpaired) electrons. The van der Waals surface area contributed by atoms with E-state index in [-0.39, 0.29) is 23.6 Å². The van der Waals surface area contributed by atoms with Gasteiger partial charge in [-0.2, -0.15) is 13.2 Å². The van der Waals surface area contributed by atoms with Gasteiger partial charge < -0.3 is 14.5 Å². The summed E-state index contributed by atoms with van der Waals surface area (Å²) in [6, 6.07) is 10.4. The van der Waals surface area contributed by atoms with Gasteiger partial charge in [0.05, 0.1) is 11.1 Å². The molecule has 3 aromatic rings. The molecule has 10 heteroatoms. The molecule has 2 amide bonds. The Morgan fingerprint density at radius 1 is 0.941 bits per heavy atom. The average molecular weight is 470 g/mol. The van der Waals surface area contributed by atoms with Crippen LogP contribution in [0.5, 0.6) is 11.6 Å². The number of aromatic nitrogens is 2. The monoisotopic (exact) mass is 470 g/mol. The van der Waals surface area contributed by atoms with Crippen LogP contribution in [0.15, 0.2) is 48.7 Å². The van der Waals surface area contributed by atoms with Crippen molar-refractivity contribution in [2.45, 2.75) is 19.0 Å². The van der Waals surface area contributed by atoms with Crippen molar-refractivity contribution in [2.75, 3.05) is 26.2 Å². The van der Waals surface area contributed by atoms with E-state index in [9.17, 15) is 22.8 Å². The second-order valence-electron chi connectivity index (χ2n) is 8.43. The Hall–Kier alpha value is -3.69. The third-order valence-electron chi connectivity index (χ3n) is 5.97. The third-order valence-corrected chi connectivity index (χ3v) is 5.97. The lowest BCUT2D eigenvalue weighted by Crippen LogP contribution is -2.51. The number of nitrogens with zero attached hydrogens (tertiary/aromatic N) is 4. The first-order valence-electron chi connectivity index (χ1n) is 11.0. The zero-order chi connectivity index (χ0) is 23.9. The molecule has 34 heavy (non-hydrogen) atoms. The van der Waals surface area contributed by atoms with Crippen LogP contribution in [0, 0.1) is 5.92 Å². The highest BCUT2D eigenvalue weighted by atomic mass is 19.4. The van der Waals surface area contributed by atoms with E-state index in [0.717, 1.165) is 31.2 Å². The van der Waals surface area contributed by atoms with Crippen molar-refractivity contribution < 1.29 is 27.5 Å². The molecule has 0 bridgehead atoms. The van der Waals surface area contributed by atoms with Crippen LogP contribution in [0.25, 0.3) is 10.9 Å². The molecule has 176 valence electrons. The van der Waals surface area contributed by atoms with Crippen LogP contribution < -0.4 is 4.74 Å². The smallest absolute Gasteiger partial charge is 0.417 e. The van der Waals surface area contributed by atoms with Crippen LogP contribution in [0.4, 0.5) is 13.2 Å². The van der Waals surface area contributed by atoms with Crippen LogP contribution in [0.2, 0.25) is 0 Å². The zero-order valence-electron chi connectivity index (χ0n) is 18.1. The van der Waals surface area contributed by atoms with Crippen molar-refractivity contribution in [2.24, 2.45) is 5.92 Å². The molecule has 0 N–H and O–H groups in total. The molecule has 1 aromatic carbocycles. The molecule has 0 atom stereocenters. The lowest BCUT2D eigenvalue weighted by atomic mass is 10.1. The number of carbonyl (C=O) groups is 2. The summed E-state index contributed by atoms with van der Waals surface area (Å²) in [6.45, 7) is 2.02. The number of carbonyl (C=O) groups excluding carboxylic acids is 2. The maximum Gasteiger partial charge on any atom is 0.417 e. The minimum absolute atomic E-state index is 0.0337. The maximum atomic E-state index is 12.9. The molecule has 1 aliphatic heterocycles. The van der Waals surface area contributed by atoms with Crippen LogP contribution in [0.1, 0.15) is 28.9 Å². The highest BCUT2D eigenvalue weighted by molar-refractivity contribution is 5.95. The number of piperazine rings is 1. The minimum atomic E-state index is -4.46. The number of hydrogen-bond acceptors (Lipinski definition) is 5. The van der Waals surface area contributed by atoms with Crippen LogP contribution in [-0.2, 0) is 11.0 Å². The molecule has 2 aliphatic rings. The molecule has 1 saturated carbocycles. The average Bonchev–Trinajstić information content (AvgIpc) is 3.68. The van der Waals surface area contributed by atoms with Crippen molar-refractivity contribution in [3.63, 3.8) is 0 Å². The Balaban J connectivity index is 1.25. The second kappa shape index (κ2) is 8.58. The Morgan fingerprint density at radius 3 is 2.32 bits per heavy atom. The van der Waals surface area contributed by atoms with Gasteiger partial charge in [0.1, 0.15) is 11.4 Å². The number of halogens is 3. The van der Waals surface area contributed by atoms with E-state index in [2.05, 4.69) is 9.97 Å². The standard InChI is InChI=1S/C24H21F3N4O3/c25-24(26,27)17-4-8-21(28-14-17)34-18-5-7-19-16(13-18)3-6-20(29-19)23(33)31-11-9-30(10-12-31)22(32)15-1-2-15/h3-8,13-15H,1-2,9-12H2. The summed E-state index contributed by atoms with van der Waals surface area (Å²) in [4.78, 5) is 36.8. The summed E-state index contributed by atoms with van der Waals surface area (Å²) in [7, 11) is 0. The largest absolute Gasteiger partial charge is 0.439 e. The summed E-state index contributed by atoms with van der Waals surface area (Å²) in [5.41, 5.74) is 0.0457. The van der Waals surface area contributed by atoms with Crippen LogP contribution in [-0.4, -0.2) is 57.8 Å². The summed E-state index contributed by atoms with van der Waals surface area (Å²) < 4.78 is 43.6. The van der Waals surface area contributed by atoms with Gasteiger partial charge in [-0.1, -0.05) is 6.07 Å². The lowest BCUT2D eigenvalue weighted by molar-refractivity contribution is -0.138. The van der Waals surface area contributed by atoms with Gasteiger partial charge >= 0.3 is 6.18 Å². The van der Waals surface area contributed by atoms with Crippen molar-refractivity contribution in [3.05, 3.63) is 59.9 Å². The number of rotatable bonds is 4. The fourth-order valence-electron chi connectivity index (χ4n) is 3.90. The van der Waals surface area contributed by atoms with Gasteiger partial charge in [0.2, 0.25) is 11.8 Å². The van der Waals surface area contributed by atoms with Crippen molar-refractivity contribution in [3.8, 4) is 11.6 Å². The van der Waals surface area contributed by atoms with Crippen molar-refractivity contribution in [1.82, 2.24) is 19.8 Å². The number of alkyl halides is 3. The predicted octanol–water partition coefficient (Wildman–Crippen LogP) is 4.14. The van der Waals surface area contributed by atoms with Gasteiger partial charge in [0.25, 0.3) is 5.91 Å². The summed E-state index contributed by atoms with van der Waals surface area (Å²) in [5.74, 6) is 0.604. The zero-order valence-corrected chi connectivity index (χ0v) is 18.1. The number of benzene rings is 1. The van der Waals surface area contributed by atoms with Crippen LogP contribution in [0.3, 0.4) is 0 Å². The number of ether oxygens (including phenoxy) is 1. The summed E-state index contributed by atoms with van der Waals surface area (Å²) in [5, 5.41) is 0.709. The SMILES string of the molecule is O=C(c1ccc2cc(Oc3ccc(C(F)(F)F)cn3)ccc2n1)N1CCN(C(=O)C2CC2)CC1. The minimum Gasteiger partial charge on any atom is -0.439 e. The van der Waals surface area contributed by atoms with E-state index < -0.39 is 11.7 Å². The van der Waals surface area contributed by atoms with E-state index in [1.807, 2.05) is 4.90 Å². The van der Waals surface area contributed by atoms with Gasteiger partial charge in [0.15, 0.2) is 0 Å². The van der Waals surface area contributed by atoms with Crippen LogP contribution >= 0.6 is 0 Å². The highest BCUT2D eigenvalue weighted by Crippen LogP contribution is 2.32. The molecule has 2 aromatic heterocycles. The second-order valence-corrected chi connectivity index (χ2v) is 8.43. The molecule has 3 heterocycles. The first-order chi connectivity index (χ1) is 16.3. The maximum absolute atomic E-state index is 12.9. The number of amides is 2. The van der Waals surface area contributed by atoms with E-state index in [4.69, 9.17) is 4.74 Å². The molecular formula is C24H21F3N4O3. The van der Waals surface area contributed by atoms with Gasteiger partial charge in [0, 0.05) is 49.7 Å². The van der Waals surface area contributed by atoms with Gasteiger partial charge in [-0.15, -0.1) is 0 Å². The Kier molecular flexibility index (Phi) is 5.59. The van der Waals surface area contributed by atoms with E-state index in [1.165, 1.54) is 0 Å². The lowest BCUT2D eigenvalue weighted by Gasteiger charge is -2.34. The molecule has 2 fully saturated rings. The Bertz CT molecular complexity index is 1230. The first kappa shape index (κ1) is 22.1. The molecule has 0 unspecified atom stereocenters. The molecule has 1 saturated heterocycles. The Labute approximate surface area is 193 Å². The van der Waals surface area contributed by atoms with Gasteiger partial charge in [-0.25, -0.2) is 9.97 Å². The Morgan fingerprint density at radius 2 is 1.68 bits per heavy atom. The molecule has 0 spiro atoms. The fraction of sp³-hybridized carbons (Fsp3) is 0.333. The number of fused-ring (bicyclic) bond motifs is 1. The molecule has 7 nitrogen and oxygen atoms in total. The quantitative estimate of drug-likeness (QED) is 0.573. The summed E-state index contributed by atoms with van der Waals surface area (Å²) in [6.07, 6.45) is -1.81. The van der Waals surface area contributed by atoms with E-state index in [1.54, 1.807) is 35.2 Å². The van der Waals surface area contributed by atoms with Crippen molar-refractivity contribution in [1.29, 1.82) is 0 Å². The highest BCUT2D eigenvalue weighted by Gasteiger charge is 2.35.